The third-order valence-electron chi connectivity index (χ3n) is 6.06. The van der Waals surface area contributed by atoms with Gasteiger partial charge in [-0.25, -0.2) is 12.8 Å². The van der Waals surface area contributed by atoms with E-state index in [0.717, 1.165) is 41.1 Å². The number of nitrogens with one attached hydrogen (secondary N) is 1. The molecule has 0 saturated carbocycles. The lowest BCUT2D eigenvalue weighted by atomic mass is 10.1. The van der Waals surface area contributed by atoms with E-state index in [4.69, 9.17) is 0 Å². The molecular formula is C23H23FN4O2S. The smallest absolute Gasteiger partial charge is 0.243 e. The third-order valence-corrected chi connectivity index (χ3v) is 8.04. The first kappa shape index (κ1) is 20.0. The number of nitrogens with zero attached hydrogens (tertiary/aromatic N) is 3. The molecule has 2 aromatic heterocycles. The van der Waals surface area contributed by atoms with E-state index in [2.05, 4.69) is 45.2 Å². The highest BCUT2D eigenvalue weighted by atomic mass is 32.2. The number of aromatic nitrogens is 3. The molecule has 1 saturated heterocycles. The van der Waals surface area contributed by atoms with E-state index in [1.165, 1.54) is 22.5 Å². The maximum atomic E-state index is 13.6. The van der Waals surface area contributed by atoms with Gasteiger partial charge in [-0.15, -0.1) is 0 Å². The van der Waals surface area contributed by atoms with E-state index in [0.29, 0.717) is 6.54 Å². The van der Waals surface area contributed by atoms with Crippen molar-refractivity contribution < 1.29 is 12.8 Å². The normalized spacial score (nSPS) is 19.9. The van der Waals surface area contributed by atoms with Crippen molar-refractivity contribution in [2.45, 2.75) is 30.8 Å². The summed E-state index contributed by atoms with van der Waals surface area (Å²) in [6.07, 6.45) is 6.48. The average molecular weight is 439 g/mol. The van der Waals surface area contributed by atoms with Crippen molar-refractivity contribution in [3.63, 3.8) is 0 Å². The van der Waals surface area contributed by atoms with Crippen LogP contribution in [-0.2, 0) is 16.6 Å². The quantitative estimate of drug-likeness (QED) is 0.506. The van der Waals surface area contributed by atoms with Crippen LogP contribution in [0.25, 0.3) is 22.0 Å². The van der Waals surface area contributed by atoms with Crippen LogP contribution in [0.3, 0.4) is 0 Å². The SMILES string of the molecule is C[C@@H]1CC(Cn2ccc3cc(-c4cn[nH]c4)ccc32)CN1S(=O)(=O)c1cccc(F)c1. The second-order valence-electron chi connectivity index (χ2n) is 8.21. The minimum atomic E-state index is -3.72. The van der Waals surface area contributed by atoms with Crippen LogP contribution in [0.2, 0.25) is 0 Å². The van der Waals surface area contributed by atoms with Crippen LogP contribution in [0.5, 0.6) is 0 Å². The summed E-state index contributed by atoms with van der Waals surface area (Å²) in [6, 6.07) is 13.5. The van der Waals surface area contributed by atoms with Crippen LogP contribution in [0.1, 0.15) is 13.3 Å². The highest BCUT2D eigenvalue weighted by Crippen LogP contribution is 2.32. The van der Waals surface area contributed by atoms with Gasteiger partial charge in [0.05, 0.1) is 11.1 Å². The van der Waals surface area contributed by atoms with E-state index >= 15 is 0 Å². The van der Waals surface area contributed by atoms with E-state index in [1.807, 2.05) is 13.1 Å². The number of rotatable bonds is 5. The van der Waals surface area contributed by atoms with Crippen LogP contribution in [-0.4, -0.2) is 40.1 Å². The van der Waals surface area contributed by atoms with E-state index in [-0.39, 0.29) is 16.9 Å². The molecule has 0 bridgehead atoms. The lowest BCUT2D eigenvalue weighted by Gasteiger charge is -2.21. The van der Waals surface area contributed by atoms with E-state index in [1.54, 1.807) is 6.20 Å². The largest absolute Gasteiger partial charge is 0.347 e. The maximum absolute atomic E-state index is 13.6. The molecule has 1 aliphatic rings. The van der Waals surface area contributed by atoms with Crippen LogP contribution in [0.4, 0.5) is 4.39 Å². The molecule has 1 fully saturated rings. The van der Waals surface area contributed by atoms with Crippen molar-refractivity contribution in [1.82, 2.24) is 19.1 Å². The Morgan fingerprint density at radius 1 is 1.16 bits per heavy atom. The van der Waals surface area contributed by atoms with E-state index in [9.17, 15) is 12.8 Å². The highest BCUT2D eigenvalue weighted by Gasteiger charge is 2.38. The molecule has 3 heterocycles. The molecule has 1 aliphatic heterocycles. The Labute approximate surface area is 180 Å². The summed E-state index contributed by atoms with van der Waals surface area (Å²) < 4.78 is 43.4. The number of hydrogen-bond donors (Lipinski definition) is 1. The Bertz CT molecular complexity index is 1330. The van der Waals surface area contributed by atoms with Crippen molar-refractivity contribution in [3.05, 3.63) is 72.9 Å². The van der Waals surface area contributed by atoms with Gasteiger partial charge in [-0.05, 0) is 61.2 Å². The summed E-state index contributed by atoms with van der Waals surface area (Å²) in [5.74, 6) is -0.361. The predicted molar refractivity (Wildman–Crippen MR) is 117 cm³/mol. The summed E-state index contributed by atoms with van der Waals surface area (Å²) in [4.78, 5) is 0.0122. The van der Waals surface area contributed by atoms with E-state index < -0.39 is 15.8 Å². The molecule has 0 aliphatic carbocycles. The number of aromatic amines is 1. The van der Waals surface area contributed by atoms with Gasteiger partial charge in [0.25, 0.3) is 0 Å². The fourth-order valence-corrected chi connectivity index (χ4v) is 6.31. The summed E-state index contributed by atoms with van der Waals surface area (Å²) in [6.45, 7) is 3.07. The molecule has 8 heteroatoms. The van der Waals surface area contributed by atoms with Crippen molar-refractivity contribution in [2.24, 2.45) is 5.92 Å². The van der Waals surface area contributed by atoms with Crippen LogP contribution in [0.15, 0.2) is 72.0 Å². The first-order valence-corrected chi connectivity index (χ1v) is 11.7. The topological polar surface area (TPSA) is 71.0 Å². The summed E-state index contributed by atoms with van der Waals surface area (Å²) in [5, 5.41) is 7.98. The Balaban J connectivity index is 1.36. The zero-order chi connectivity index (χ0) is 21.6. The van der Waals surface area contributed by atoms with Gasteiger partial charge in [0, 0.05) is 48.0 Å². The number of H-pyrrole nitrogens is 1. The second-order valence-corrected chi connectivity index (χ2v) is 10.1. The Kier molecular flexibility index (Phi) is 4.91. The monoisotopic (exact) mass is 438 g/mol. The van der Waals surface area contributed by atoms with Crippen molar-refractivity contribution in [1.29, 1.82) is 0 Å². The molecule has 0 radical (unpaired) electrons. The Hall–Kier alpha value is -2.97. The van der Waals surface area contributed by atoms with Gasteiger partial charge in [-0.2, -0.15) is 9.40 Å². The van der Waals surface area contributed by atoms with Gasteiger partial charge in [-0.3, -0.25) is 5.10 Å². The molecule has 2 aromatic carbocycles. The lowest BCUT2D eigenvalue weighted by Crippen LogP contribution is -2.34. The molecule has 160 valence electrons. The second kappa shape index (κ2) is 7.62. The molecule has 31 heavy (non-hydrogen) atoms. The maximum Gasteiger partial charge on any atom is 0.243 e. The summed E-state index contributed by atoms with van der Waals surface area (Å²) >= 11 is 0. The first-order valence-electron chi connectivity index (χ1n) is 10.3. The third kappa shape index (κ3) is 3.66. The Morgan fingerprint density at radius 2 is 2.03 bits per heavy atom. The number of halogens is 1. The van der Waals surface area contributed by atoms with Gasteiger partial charge in [0.15, 0.2) is 0 Å². The molecule has 1 N–H and O–H groups in total. The lowest BCUT2D eigenvalue weighted by molar-refractivity contribution is 0.399. The van der Waals surface area contributed by atoms with Gasteiger partial charge >= 0.3 is 0 Å². The fourth-order valence-electron chi connectivity index (χ4n) is 4.56. The van der Waals surface area contributed by atoms with Gasteiger partial charge in [0.1, 0.15) is 5.82 Å². The van der Waals surface area contributed by atoms with Crippen molar-refractivity contribution in [2.75, 3.05) is 6.54 Å². The number of sulfonamides is 1. The molecule has 2 atom stereocenters. The van der Waals surface area contributed by atoms with Crippen LogP contribution >= 0.6 is 0 Å². The molecule has 4 aromatic rings. The summed E-state index contributed by atoms with van der Waals surface area (Å²) in [5.41, 5.74) is 3.25. The summed E-state index contributed by atoms with van der Waals surface area (Å²) in [7, 11) is -3.72. The predicted octanol–water partition coefficient (Wildman–Crippen LogP) is 4.27. The van der Waals surface area contributed by atoms with Crippen molar-refractivity contribution in [3.8, 4) is 11.1 Å². The molecule has 0 spiro atoms. The highest BCUT2D eigenvalue weighted by molar-refractivity contribution is 7.89. The van der Waals surface area contributed by atoms with Crippen molar-refractivity contribution >= 4 is 20.9 Å². The standard InChI is InChI=1S/C23H23FN4O2S/c1-16-9-17(15-28(16)31(29,30)22-4-2-3-21(24)11-22)14-27-8-7-19-10-18(5-6-23(19)27)20-12-25-26-13-20/h2-8,10-13,16-17H,9,14-15H2,1H3,(H,25,26)/t16-,17?/m1/s1. The molecule has 6 nitrogen and oxygen atoms in total. The molecule has 1 unspecified atom stereocenters. The zero-order valence-electron chi connectivity index (χ0n) is 17.1. The van der Waals surface area contributed by atoms with Gasteiger partial charge in [-0.1, -0.05) is 12.1 Å². The minimum absolute atomic E-state index is 0.0122. The minimum Gasteiger partial charge on any atom is -0.347 e. The average Bonchev–Trinajstić information content (AvgIpc) is 3.49. The molecule has 5 rings (SSSR count). The van der Waals surface area contributed by atoms with Crippen LogP contribution < -0.4 is 0 Å². The number of benzene rings is 2. The van der Waals surface area contributed by atoms with Crippen LogP contribution in [0, 0.1) is 11.7 Å². The first-order chi connectivity index (χ1) is 14.9. The molecular weight excluding hydrogens is 415 g/mol. The fraction of sp³-hybridized carbons (Fsp3) is 0.261. The molecule has 0 amide bonds. The Morgan fingerprint density at radius 3 is 2.81 bits per heavy atom. The number of fused-ring (bicyclic) bond motifs is 1. The zero-order valence-corrected chi connectivity index (χ0v) is 17.9. The number of hydrogen-bond acceptors (Lipinski definition) is 3. The van der Waals surface area contributed by atoms with Gasteiger partial charge < -0.3 is 4.57 Å². The van der Waals surface area contributed by atoms with Gasteiger partial charge in [0.2, 0.25) is 10.0 Å².